The van der Waals surface area contributed by atoms with Crippen LogP contribution in [-0.2, 0) is 11.7 Å². The first-order chi connectivity index (χ1) is 25.0. The van der Waals surface area contributed by atoms with Crippen LogP contribution in [0.1, 0.15) is 68.1 Å². The van der Waals surface area contributed by atoms with Crippen molar-refractivity contribution in [3.63, 3.8) is 0 Å². The summed E-state index contributed by atoms with van der Waals surface area (Å²) in [4.78, 5) is 5.98. The van der Waals surface area contributed by atoms with Gasteiger partial charge in [-0.25, -0.2) is 10.4 Å². The van der Waals surface area contributed by atoms with E-state index in [0.717, 1.165) is 98.0 Å². The van der Waals surface area contributed by atoms with Crippen molar-refractivity contribution in [3.8, 4) is 28.0 Å². The molecule has 278 valence electrons. The van der Waals surface area contributed by atoms with Crippen LogP contribution in [0.3, 0.4) is 0 Å². The van der Waals surface area contributed by atoms with E-state index in [4.69, 9.17) is 4.84 Å². The van der Waals surface area contributed by atoms with Gasteiger partial charge in [0.25, 0.3) is 0 Å². The van der Waals surface area contributed by atoms with E-state index >= 15 is 0 Å². The predicted octanol–water partition coefficient (Wildman–Crippen LogP) is 9.89. The Morgan fingerprint density at radius 2 is 1.31 bits per heavy atom. The van der Waals surface area contributed by atoms with Gasteiger partial charge in [0.05, 0.1) is 11.1 Å². The summed E-state index contributed by atoms with van der Waals surface area (Å²) in [5.74, 6) is 1.13. The largest absolute Gasteiger partial charge is 0.416 e. The molecule has 0 amide bonds. The fourth-order valence-corrected chi connectivity index (χ4v) is 7.82. The third kappa shape index (κ3) is 8.82. The molecule has 1 fully saturated rings. The summed E-state index contributed by atoms with van der Waals surface area (Å²) in [5, 5.41) is 5.30. The number of hydrogen-bond donors (Lipinski definition) is 3. The maximum absolute atomic E-state index is 13.3. The Bertz CT molecular complexity index is 1710. The van der Waals surface area contributed by atoms with Gasteiger partial charge in [-0.2, -0.15) is 31.8 Å². The van der Waals surface area contributed by atoms with Gasteiger partial charge in [0, 0.05) is 18.7 Å². The zero-order valence-corrected chi connectivity index (χ0v) is 29.3. The van der Waals surface area contributed by atoms with Crippen molar-refractivity contribution in [1.29, 1.82) is 0 Å². The molecule has 2 aliphatic rings. The average molecular weight is 725 g/mol. The highest BCUT2D eigenvalue weighted by Gasteiger charge is 2.46. The van der Waals surface area contributed by atoms with Crippen LogP contribution >= 0.6 is 0 Å². The van der Waals surface area contributed by atoms with Crippen molar-refractivity contribution >= 4 is 0 Å². The third-order valence-electron chi connectivity index (χ3n) is 10.5. The summed E-state index contributed by atoms with van der Waals surface area (Å²) in [5.41, 5.74) is 10.1. The second-order valence-corrected chi connectivity index (χ2v) is 14.0. The SMILES string of the molecule is CN(NCC(F)(F)F)C1(CCCCCNCC2CCC(NOc3ccccc3-c3ccc(C(F)(F)F)cc3)CC2)c2ccccc2-c2ccccc21. The summed E-state index contributed by atoms with van der Waals surface area (Å²) >= 11 is 0. The minimum absolute atomic E-state index is 0.179. The van der Waals surface area contributed by atoms with Crippen LogP contribution in [0.4, 0.5) is 26.3 Å². The van der Waals surface area contributed by atoms with Crippen molar-refractivity contribution < 1.29 is 31.2 Å². The number of alkyl halides is 6. The van der Waals surface area contributed by atoms with E-state index in [0.29, 0.717) is 23.7 Å². The van der Waals surface area contributed by atoms with Gasteiger partial charge in [0.1, 0.15) is 6.54 Å². The van der Waals surface area contributed by atoms with Crippen LogP contribution in [0.15, 0.2) is 97.1 Å². The van der Waals surface area contributed by atoms with Crippen LogP contribution < -0.4 is 21.1 Å². The molecule has 0 spiro atoms. The van der Waals surface area contributed by atoms with E-state index in [9.17, 15) is 26.3 Å². The number of hydrogen-bond acceptors (Lipinski definition) is 5. The first-order valence-electron chi connectivity index (χ1n) is 18.1. The molecular weight excluding hydrogens is 678 g/mol. The molecule has 0 unspecified atom stereocenters. The zero-order valence-electron chi connectivity index (χ0n) is 29.3. The molecular formula is C41H46F6N4O. The molecule has 0 aromatic heterocycles. The number of benzene rings is 4. The Morgan fingerprint density at radius 3 is 1.92 bits per heavy atom. The lowest BCUT2D eigenvalue weighted by Crippen LogP contribution is -2.53. The summed E-state index contributed by atoms with van der Waals surface area (Å²) in [6, 6.07) is 28.7. The van der Waals surface area contributed by atoms with E-state index in [-0.39, 0.29) is 6.04 Å². The molecule has 11 heteroatoms. The highest BCUT2D eigenvalue weighted by atomic mass is 19.4. The van der Waals surface area contributed by atoms with Crippen molar-refractivity contribution in [2.45, 2.75) is 75.3 Å². The van der Waals surface area contributed by atoms with E-state index in [1.54, 1.807) is 12.1 Å². The lowest BCUT2D eigenvalue weighted by Gasteiger charge is -2.41. The summed E-state index contributed by atoms with van der Waals surface area (Å²) in [6.45, 7) is 0.716. The molecule has 4 aromatic rings. The standard InChI is InChI=1S/C41H46F6N4O/c1-51(49-28-40(42,43)44)39(36-14-6-3-12-34(36)35-13-4-7-15-37(35)39)25-9-2-10-26-48-27-29-17-23-32(24-18-29)50-52-38-16-8-5-11-33(38)30-19-21-31(22-20-30)41(45,46)47/h3-8,11-16,19-22,29,32,48-50H,2,9-10,17-18,23-28H2,1H3. The maximum atomic E-state index is 13.3. The number of nitrogens with one attached hydrogen (secondary N) is 3. The highest BCUT2D eigenvalue weighted by Crippen LogP contribution is 2.52. The fraction of sp³-hybridized carbons (Fsp3) is 0.415. The van der Waals surface area contributed by atoms with E-state index in [2.05, 4.69) is 28.4 Å². The summed E-state index contributed by atoms with van der Waals surface area (Å²) in [6.07, 6.45) is -1.22. The molecule has 0 aliphatic heterocycles. The van der Waals surface area contributed by atoms with Gasteiger partial charge in [-0.05, 0) is 104 Å². The van der Waals surface area contributed by atoms with E-state index < -0.39 is 30.0 Å². The Morgan fingerprint density at radius 1 is 0.712 bits per heavy atom. The first kappa shape index (κ1) is 37.8. The lowest BCUT2D eigenvalue weighted by molar-refractivity contribution is -0.138. The minimum Gasteiger partial charge on any atom is -0.408 e. The molecule has 0 saturated heterocycles. The van der Waals surface area contributed by atoms with E-state index in [1.165, 1.54) is 12.1 Å². The Labute approximate surface area is 301 Å². The number of hydroxylamine groups is 1. The maximum Gasteiger partial charge on any atom is 0.416 e. The van der Waals surface area contributed by atoms with Crippen LogP contribution in [0.25, 0.3) is 22.3 Å². The molecule has 2 aliphatic carbocycles. The number of halogens is 6. The van der Waals surface area contributed by atoms with E-state index in [1.807, 2.05) is 60.7 Å². The van der Waals surface area contributed by atoms with Crippen molar-refractivity contribution in [1.82, 2.24) is 21.2 Å². The topological polar surface area (TPSA) is 48.6 Å². The number of nitrogens with zero attached hydrogens (tertiary/aromatic N) is 1. The van der Waals surface area contributed by atoms with Crippen LogP contribution in [-0.4, -0.2) is 43.9 Å². The summed E-state index contributed by atoms with van der Waals surface area (Å²) in [7, 11) is 1.73. The molecule has 52 heavy (non-hydrogen) atoms. The molecule has 1 saturated carbocycles. The molecule has 0 heterocycles. The quantitative estimate of drug-likeness (QED) is 0.0648. The Balaban J connectivity index is 0.939. The number of rotatable bonds is 15. The highest BCUT2D eigenvalue weighted by molar-refractivity contribution is 5.80. The number of para-hydroxylation sites is 1. The third-order valence-corrected chi connectivity index (χ3v) is 10.5. The van der Waals surface area contributed by atoms with Gasteiger partial charge in [-0.3, -0.25) is 0 Å². The molecule has 0 radical (unpaired) electrons. The van der Waals surface area contributed by atoms with Gasteiger partial charge in [0.2, 0.25) is 0 Å². The minimum atomic E-state index is -4.38. The molecule has 5 nitrogen and oxygen atoms in total. The second-order valence-electron chi connectivity index (χ2n) is 14.0. The first-order valence-corrected chi connectivity index (χ1v) is 18.1. The van der Waals surface area contributed by atoms with Crippen molar-refractivity contribution in [3.05, 3.63) is 114 Å². The smallest absolute Gasteiger partial charge is 0.408 e. The van der Waals surface area contributed by atoms with Gasteiger partial charge < -0.3 is 10.2 Å². The molecule has 3 N–H and O–H groups in total. The van der Waals surface area contributed by atoms with Crippen molar-refractivity contribution in [2.75, 3.05) is 26.7 Å². The zero-order chi connectivity index (χ0) is 36.8. The predicted molar refractivity (Wildman–Crippen MR) is 192 cm³/mol. The fourth-order valence-electron chi connectivity index (χ4n) is 7.82. The van der Waals surface area contributed by atoms with Crippen LogP contribution in [0.2, 0.25) is 0 Å². The van der Waals surface area contributed by atoms with Crippen LogP contribution in [0.5, 0.6) is 5.75 Å². The average Bonchev–Trinajstić information content (AvgIpc) is 3.43. The lowest BCUT2D eigenvalue weighted by atomic mass is 9.82. The number of hydrazine groups is 1. The number of unbranched alkanes of at least 4 members (excludes halogenated alkanes) is 2. The van der Waals surface area contributed by atoms with Gasteiger partial charge >= 0.3 is 12.4 Å². The Hall–Kier alpha value is -3.90. The monoisotopic (exact) mass is 724 g/mol. The molecule has 0 bridgehead atoms. The van der Waals surface area contributed by atoms with Crippen LogP contribution in [0, 0.1) is 5.92 Å². The number of fused-ring (bicyclic) bond motifs is 3. The van der Waals surface area contributed by atoms with Gasteiger partial charge in [0.15, 0.2) is 5.75 Å². The Kier molecular flexibility index (Phi) is 11.9. The molecule has 6 rings (SSSR count). The van der Waals surface area contributed by atoms with Gasteiger partial charge in [-0.1, -0.05) is 91.7 Å². The van der Waals surface area contributed by atoms with Crippen molar-refractivity contribution in [2.24, 2.45) is 5.92 Å². The molecule has 4 aromatic carbocycles. The second kappa shape index (κ2) is 16.4. The normalized spacial score (nSPS) is 18.3. The van der Waals surface area contributed by atoms with Gasteiger partial charge in [-0.15, -0.1) is 0 Å². The summed E-state index contributed by atoms with van der Waals surface area (Å²) < 4.78 is 78.9. The molecule has 0 atom stereocenters.